The maximum atomic E-state index is 14.5. The average molecular weight is 517 g/mol. The van der Waals surface area contributed by atoms with Crippen molar-refractivity contribution in [3.05, 3.63) is 95.6 Å². The topological polar surface area (TPSA) is 25.8 Å². The van der Waals surface area contributed by atoms with Crippen LogP contribution in [0.5, 0.6) is 0 Å². The summed E-state index contributed by atoms with van der Waals surface area (Å²) >= 11 is 4.26. The van der Waals surface area contributed by atoms with Crippen molar-refractivity contribution >= 4 is 45.4 Å². The van der Waals surface area contributed by atoms with Gasteiger partial charge in [0.25, 0.3) is 0 Å². The second kappa shape index (κ2) is 8.75. The SMILES string of the molecule is Cc1ccc(-c2ccc(-c3ccc(-c4ccc(-c5ccc(C)cc5F)s4)c4nsnc34)s2)c(F)c1. The van der Waals surface area contributed by atoms with Gasteiger partial charge in [0, 0.05) is 41.8 Å². The number of halogens is 2. The van der Waals surface area contributed by atoms with Crippen molar-refractivity contribution in [2.45, 2.75) is 13.8 Å². The largest absolute Gasteiger partial charge is 0.206 e. The Balaban J connectivity index is 1.39. The van der Waals surface area contributed by atoms with Crippen LogP contribution < -0.4 is 0 Å². The molecule has 0 aliphatic heterocycles. The van der Waals surface area contributed by atoms with E-state index < -0.39 is 0 Å². The zero-order valence-corrected chi connectivity index (χ0v) is 21.3. The lowest BCUT2D eigenvalue weighted by Crippen LogP contribution is -1.83. The molecule has 0 atom stereocenters. The van der Waals surface area contributed by atoms with Crippen LogP contribution in [0.3, 0.4) is 0 Å². The molecule has 0 N–H and O–H groups in total. The van der Waals surface area contributed by atoms with E-state index in [1.807, 2.05) is 74.5 Å². The van der Waals surface area contributed by atoms with Gasteiger partial charge in [-0.15, -0.1) is 22.7 Å². The molecule has 0 bridgehead atoms. The molecule has 0 saturated carbocycles. The first-order valence-electron chi connectivity index (χ1n) is 11.0. The molecule has 6 aromatic rings. The Hall–Kier alpha value is -3.26. The summed E-state index contributed by atoms with van der Waals surface area (Å²) < 4.78 is 38.2. The molecule has 3 heterocycles. The van der Waals surface area contributed by atoms with Crippen LogP contribution in [0.25, 0.3) is 52.8 Å². The summed E-state index contributed by atoms with van der Waals surface area (Å²) in [7, 11) is 0. The summed E-state index contributed by atoms with van der Waals surface area (Å²) in [6, 6.07) is 22.6. The molecule has 3 aromatic heterocycles. The molecule has 35 heavy (non-hydrogen) atoms. The summed E-state index contributed by atoms with van der Waals surface area (Å²) in [6.07, 6.45) is 0. The quantitative estimate of drug-likeness (QED) is 0.233. The van der Waals surface area contributed by atoms with Gasteiger partial charge < -0.3 is 0 Å². The fraction of sp³-hybridized carbons (Fsp3) is 0.0714. The predicted octanol–water partition coefficient (Wildman–Crippen LogP) is 9.38. The third-order valence-corrected chi connectivity index (χ3v) is 8.77. The Labute approximate surface area is 213 Å². The molecule has 0 fully saturated rings. The molecule has 7 heteroatoms. The highest BCUT2D eigenvalue weighted by Crippen LogP contribution is 2.43. The minimum Gasteiger partial charge on any atom is -0.206 e. The predicted molar refractivity (Wildman–Crippen MR) is 144 cm³/mol. The number of rotatable bonds is 4. The van der Waals surface area contributed by atoms with Crippen LogP contribution in [0, 0.1) is 25.5 Å². The lowest BCUT2D eigenvalue weighted by Gasteiger charge is -2.04. The average Bonchev–Trinajstić information content (AvgIpc) is 3.59. The molecular formula is C28H18F2N2S3. The molecule has 0 radical (unpaired) electrons. The van der Waals surface area contributed by atoms with E-state index in [0.717, 1.165) is 52.8 Å². The zero-order valence-electron chi connectivity index (χ0n) is 18.8. The monoisotopic (exact) mass is 516 g/mol. The van der Waals surface area contributed by atoms with E-state index in [2.05, 4.69) is 8.75 Å². The van der Waals surface area contributed by atoms with Gasteiger partial charge in [-0.3, -0.25) is 0 Å². The van der Waals surface area contributed by atoms with Crippen molar-refractivity contribution in [1.82, 2.24) is 8.75 Å². The fourth-order valence-corrected chi connectivity index (χ4v) is 6.85. The first kappa shape index (κ1) is 22.2. The van der Waals surface area contributed by atoms with Crippen LogP contribution in [0.4, 0.5) is 8.78 Å². The van der Waals surface area contributed by atoms with E-state index in [-0.39, 0.29) is 11.6 Å². The highest BCUT2D eigenvalue weighted by atomic mass is 32.1. The Morgan fingerprint density at radius 1 is 0.514 bits per heavy atom. The van der Waals surface area contributed by atoms with Crippen molar-refractivity contribution in [1.29, 1.82) is 0 Å². The summed E-state index contributed by atoms with van der Waals surface area (Å²) in [5.41, 5.74) is 6.59. The Morgan fingerprint density at radius 2 is 0.886 bits per heavy atom. The summed E-state index contributed by atoms with van der Waals surface area (Å²) in [5, 5.41) is 0. The van der Waals surface area contributed by atoms with Crippen LogP contribution in [-0.2, 0) is 0 Å². The summed E-state index contributed by atoms with van der Waals surface area (Å²) in [5.74, 6) is -0.430. The minimum atomic E-state index is -0.215. The molecule has 0 saturated heterocycles. The van der Waals surface area contributed by atoms with E-state index in [0.29, 0.717) is 11.1 Å². The smallest absolute Gasteiger partial charge is 0.132 e. The molecule has 172 valence electrons. The highest BCUT2D eigenvalue weighted by Gasteiger charge is 2.18. The normalized spacial score (nSPS) is 11.4. The second-order valence-corrected chi connectivity index (χ2v) is 11.1. The third kappa shape index (κ3) is 3.99. The van der Waals surface area contributed by atoms with Crippen LogP contribution >= 0.6 is 34.4 Å². The number of hydrogen-bond acceptors (Lipinski definition) is 5. The second-order valence-electron chi connectivity index (χ2n) is 8.42. The first-order chi connectivity index (χ1) is 17.0. The van der Waals surface area contributed by atoms with Crippen molar-refractivity contribution in [3.63, 3.8) is 0 Å². The van der Waals surface area contributed by atoms with Gasteiger partial charge in [0.1, 0.15) is 22.7 Å². The minimum absolute atomic E-state index is 0.215. The van der Waals surface area contributed by atoms with E-state index >= 15 is 0 Å². The Kier molecular flexibility index (Phi) is 5.56. The number of hydrogen-bond donors (Lipinski definition) is 0. The molecule has 2 nitrogen and oxygen atoms in total. The number of nitrogens with zero attached hydrogens (tertiary/aromatic N) is 2. The molecule has 0 unspecified atom stereocenters. The number of aryl methyl sites for hydroxylation is 2. The maximum absolute atomic E-state index is 14.5. The van der Waals surface area contributed by atoms with Crippen molar-refractivity contribution in [3.8, 4) is 41.8 Å². The summed E-state index contributed by atoms with van der Waals surface area (Å²) in [4.78, 5) is 3.78. The lowest BCUT2D eigenvalue weighted by atomic mass is 10.1. The highest BCUT2D eigenvalue weighted by molar-refractivity contribution is 7.19. The molecule has 6 rings (SSSR count). The Morgan fingerprint density at radius 3 is 1.29 bits per heavy atom. The summed E-state index contributed by atoms with van der Waals surface area (Å²) in [6.45, 7) is 3.77. The van der Waals surface area contributed by atoms with Gasteiger partial charge in [-0.1, -0.05) is 36.4 Å². The van der Waals surface area contributed by atoms with Gasteiger partial charge in [-0.25, -0.2) is 8.78 Å². The van der Waals surface area contributed by atoms with Gasteiger partial charge in [0.15, 0.2) is 0 Å². The molecule has 0 aliphatic rings. The number of thiophene rings is 2. The number of aromatic nitrogens is 2. The van der Waals surface area contributed by atoms with Crippen LogP contribution in [0.15, 0.2) is 72.8 Å². The van der Waals surface area contributed by atoms with Gasteiger partial charge in [-0.2, -0.15) is 8.75 Å². The van der Waals surface area contributed by atoms with Crippen molar-refractivity contribution in [2.75, 3.05) is 0 Å². The standard InChI is InChI=1S/C28H18F2N2S3/c1-15-3-5-17(21(29)13-15)23-9-11-25(33-23)19-7-8-20(28-27(19)31-35-32-28)26-12-10-24(34-26)18-6-4-16(2)14-22(18)30/h3-14H,1-2H3. The van der Waals surface area contributed by atoms with Gasteiger partial charge in [0.2, 0.25) is 0 Å². The third-order valence-electron chi connectivity index (χ3n) is 5.94. The van der Waals surface area contributed by atoms with Gasteiger partial charge >= 0.3 is 0 Å². The number of benzene rings is 3. The van der Waals surface area contributed by atoms with E-state index in [9.17, 15) is 8.78 Å². The fourth-order valence-electron chi connectivity index (χ4n) is 4.16. The molecule has 0 aliphatic carbocycles. The van der Waals surface area contributed by atoms with Crippen LogP contribution in [0.1, 0.15) is 11.1 Å². The molecule has 0 spiro atoms. The lowest BCUT2D eigenvalue weighted by molar-refractivity contribution is 0.630. The van der Waals surface area contributed by atoms with Crippen molar-refractivity contribution < 1.29 is 8.78 Å². The van der Waals surface area contributed by atoms with E-state index in [4.69, 9.17) is 0 Å². The van der Waals surface area contributed by atoms with E-state index in [1.54, 1.807) is 34.8 Å². The van der Waals surface area contributed by atoms with Gasteiger partial charge in [-0.05, 0) is 61.4 Å². The molecule has 3 aromatic carbocycles. The van der Waals surface area contributed by atoms with Crippen LogP contribution in [0.2, 0.25) is 0 Å². The van der Waals surface area contributed by atoms with Gasteiger partial charge in [0.05, 0.1) is 11.7 Å². The van der Waals surface area contributed by atoms with Crippen LogP contribution in [-0.4, -0.2) is 8.75 Å². The maximum Gasteiger partial charge on any atom is 0.132 e. The first-order valence-corrected chi connectivity index (χ1v) is 13.3. The number of fused-ring (bicyclic) bond motifs is 1. The zero-order chi connectivity index (χ0) is 24.1. The van der Waals surface area contributed by atoms with E-state index in [1.165, 1.54) is 11.7 Å². The van der Waals surface area contributed by atoms with Crippen molar-refractivity contribution in [2.24, 2.45) is 0 Å². The molecular weight excluding hydrogens is 499 g/mol. The molecule has 0 amide bonds. The Bertz CT molecular complexity index is 1590.